The van der Waals surface area contributed by atoms with E-state index < -0.39 is 0 Å². The van der Waals surface area contributed by atoms with Gasteiger partial charge in [0.2, 0.25) is 0 Å². The van der Waals surface area contributed by atoms with Gasteiger partial charge < -0.3 is 9.88 Å². The van der Waals surface area contributed by atoms with Gasteiger partial charge in [-0.3, -0.25) is 4.79 Å². The number of aryl methyl sites for hydroxylation is 2. The van der Waals surface area contributed by atoms with Gasteiger partial charge in [0.1, 0.15) is 4.88 Å². The van der Waals surface area contributed by atoms with Crippen LogP contribution in [0.4, 0.5) is 5.69 Å². The van der Waals surface area contributed by atoms with E-state index in [1.807, 2.05) is 49.6 Å². The number of amides is 1. The minimum absolute atomic E-state index is 0.123. The number of aromatic nitrogens is 3. The predicted molar refractivity (Wildman–Crippen MR) is 87.8 cm³/mol. The molecule has 0 aliphatic rings. The monoisotopic (exact) mass is 312 g/mol. The van der Waals surface area contributed by atoms with Gasteiger partial charge in [0.15, 0.2) is 0 Å². The molecule has 3 aromatic rings. The Labute approximate surface area is 132 Å². The Kier molecular flexibility index (Phi) is 3.77. The molecule has 0 aliphatic heterocycles. The molecule has 6 heteroatoms. The van der Waals surface area contributed by atoms with Gasteiger partial charge in [-0.15, -0.1) is 0 Å². The lowest BCUT2D eigenvalue weighted by Gasteiger charge is -2.08. The maximum atomic E-state index is 12.2. The molecule has 0 bridgehead atoms. The minimum atomic E-state index is -0.123. The molecule has 5 nitrogen and oxygen atoms in total. The van der Waals surface area contributed by atoms with Crippen molar-refractivity contribution < 1.29 is 4.79 Å². The fraction of sp³-hybridized carbons (Fsp3) is 0.188. The number of hydrogen-bond donors (Lipinski definition) is 1. The van der Waals surface area contributed by atoms with E-state index in [1.165, 1.54) is 11.5 Å². The van der Waals surface area contributed by atoms with Crippen LogP contribution in [0.3, 0.4) is 0 Å². The summed E-state index contributed by atoms with van der Waals surface area (Å²) in [6.07, 6.45) is 3.51. The van der Waals surface area contributed by atoms with Gasteiger partial charge in [-0.25, -0.2) is 9.36 Å². The number of nitrogens with zero attached hydrogens (tertiary/aromatic N) is 3. The molecule has 1 amide bonds. The minimum Gasteiger partial charge on any atom is -0.321 e. The van der Waals surface area contributed by atoms with E-state index in [9.17, 15) is 4.79 Å². The largest absolute Gasteiger partial charge is 0.321 e. The molecule has 3 rings (SSSR count). The van der Waals surface area contributed by atoms with Crippen LogP contribution in [0, 0.1) is 20.8 Å². The van der Waals surface area contributed by atoms with Gasteiger partial charge in [-0.2, -0.15) is 0 Å². The van der Waals surface area contributed by atoms with Gasteiger partial charge in [-0.05, 0) is 62.1 Å². The SMILES string of the molecule is Cc1cnsc1C(=O)Nc1ccc(-n2cnc(C)c2C)cc1. The van der Waals surface area contributed by atoms with E-state index >= 15 is 0 Å². The van der Waals surface area contributed by atoms with Crippen LogP contribution >= 0.6 is 11.5 Å². The van der Waals surface area contributed by atoms with Crippen molar-refractivity contribution in [2.24, 2.45) is 0 Å². The average Bonchev–Trinajstić information content (AvgIpc) is 3.07. The summed E-state index contributed by atoms with van der Waals surface area (Å²) < 4.78 is 6.04. The highest BCUT2D eigenvalue weighted by molar-refractivity contribution is 7.08. The zero-order valence-corrected chi connectivity index (χ0v) is 13.4. The Morgan fingerprint density at radius 3 is 2.45 bits per heavy atom. The van der Waals surface area contributed by atoms with Crippen LogP contribution in [-0.2, 0) is 0 Å². The second-order valence-electron chi connectivity index (χ2n) is 5.12. The normalized spacial score (nSPS) is 10.7. The first kappa shape index (κ1) is 14.5. The van der Waals surface area contributed by atoms with Crippen LogP contribution in [-0.4, -0.2) is 19.8 Å². The maximum Gasteiger partial charge on any atom is 0.267 e. The van der Waals surface area contributed by atoms with Crippen molar-refractivity contribution in [3.63, 3.8) is 0 Å². The Bertz CT molecular complexity index is 817. The molecule has 22 heavy (non-hydrogen) atoms. The van der Waals surface area contributed by atoms with Gasteiger partial charge >= 0.3 is 0 Å². The summed E-state index contributed by atoms with van der Waals surface area (Å²) in [6.45, 7) is 5.90. The van der Waals surface area contributed by atoms with Crippen molar-refractivity contribution in [2.75, 3.05) is 5.32 Å². The second-order valence-corrected chi connectivity index (χ2v) is 5.93. The number of rotatable bonds is 3. The lowest BCUT2D eigenvalue weighted by atomic mass is 10.2. The number of benzene rings is 1. The maximum absolute atomic E-state index is 12.2. The highest BCUT2D eigenvalue weighted by Crippen LogP contribution is 2.19. The predicted octanol–water partition coefficient (Wildman–Crippen LogP) is 3.51. The van der Waals surface area contributed by atoms with Gasteiger partial charge in [0.25, 0.3) is 5.91 Å². The number of carbonyl (C=O) groups excluding carboxylic acids is 1. The zero-order chi connectivity index (χ0) is 15.7. The molecule has 0 spiro atoms. The van der Waals surface area contributed by atoms with Crippen LogP contribution < -0.4 is 5.32 Å². The lowest BCUT2D eigenvalue weighted by molar-refractivity contribution is 0.103. The number of anilines is 1. The highest BCUT2D eigenvalue weighted by Gasteiger charge is 2.12. The summed E-state index contributed by atoms with van der Waals surface area (Å²) in [6, 6.07) is 7.70. The quantitative estimate of drug-likeness (QED) is 0.805. The molecule has 2 aromatic heterocycles. The highest BCUT2D eigenvalue weighted by atomic mass is 32.1. The third-order valence-electron chi connectivity index (χ3n) is 3.61. The molecule has 0 atom stereocenters. The van der Waals surface area contributed by atoms with Crippen molar-refractivity contribution in [1.29, 1.82) is 0 Å². The number of hydrogen-bond acceptors (Lipinski definition) is 4. The first-order chi connectivity index (χ1) is 10.6. The molecule has 0 radical (unpaired) electrons. The third kappa shape index (κ3) is 2.65. The molecule has 0 fully saturated rings. The Morgan fingerprint density at radius 1 is 1.18 bits per heavy atom. The fourth-order valence-electron chi connectivity index (χ4n) is 2.16. The van der Waals surface area contributed by atoms with Crippen molar-refractivity contribution in [1.82, 2.24) is 13.9 Å². The first-order valence-electron chi connectivity index (χ1n) is 6.90. The third-order valence-corrected chi connectivity index (χ3v) is 4.51. The van der Waals surface area contributed by atoms with E-state index in [4.69, 9.17) is 0 Å². The van der Waals surface area contributed by atoms with Gasteiger partial charge in [-0.1, -0.05) is 0 Å². The van der Waals surface area contributed by atoms with E-state index in [2.05, 4.69) is 14.7 Å². The fourth-order valence-corrected chi connectivity index (χ4v) is 2.81. The van der Waals surface area contributed by atoms with Gasteiger partial charge in [0.05, 0.1) is 12.0 Å². The molecule has 0 saturated carbocycles. The topological polar surface area (TPSA) is 59.8 Å². The van der Waals surface area contributed by atoms with Crippen LogP contribution in [0.2, 0.25) is 0 Å². The van der Waals surface area contributed by atoms with Crippen LogP contribution in [0.15, 0.2) is 36.8 Å². The Hall–Kier alpha value is -2.47. The van der Waals surface area contributed by atoms with Crippen molar-refractivity contribution in [3.8, 4) is 5.69 Å². The van der Waals surface area contributed by atoms with Gasteiger partial charge in [0, 0.05) is 23.3 Å². The summed E-state index contributed by atoms with van der Waals surface area (Å²) in [4.78, 5) is 17.1. The molecule has 1 N–H and O–H groups in total. The molecule has 0 unspecified atom stereocenters. The van der Waals surface area contributed by atoms with E-state index in [1.54, 1.807) is 12.5 Å². The molecule has 0 saturated heterocycles. The molecule has 0 aliphatic carbocycles. The zero-order valence-electron chi connectivity index (χ0n) is 12.6. The summed E-state index contributed by atoms with van der Waals surface area (Å²) in [5.74, 6) is -0.123. The molecular formula is C16H16N4OS. The van der Waals surface area contributed by atoms with Crippen LogP contribution in [0.1, 0.15) is 26.6 Å². The lowest BCUT2D eigenvalue weighted by Crippen LogP contribution is -2.11. The Morgan fingerprint density at radius 2 is 1.91 bits per heavy atom. The van der Waals surface area contributed by atoms with Crippen LogP contribution in [0.25, 0.3) is 5.69 Å². The smallest absolute Gasteiger partial charge is 0.267 e. The summed E-state index contributed by atoms with van der Waals surface area (Å²) in [5.41, 5.74) is 4.79. The van der Waals surface area contributed by atoms with Crippen molar-refractivity contribution in [2.45, 2.75) is 20.8 Å². The number of nitrogens with one attached hydrogen (secondary N) is 1. The van der Waals surface area contributed by atoms with E-state index in [0.717, 1.165) is 28.3 Å². The number of carbonyl (C=O) groups is 1. The molecule has 1 aromatic carbocycles. The standard InChI is InChI=1S/C16H16N4OS/c1-10-8-18-22-15(10)16(21)19-13-4-6-14(7-5-13)20-9-17-11(2)12(20)3/h4-9H,1-3H3,(H,19,21). The number of imidazole rings is 1. The summed E-state index contributed by atoms with van der Waals surface area (Å²) in [7, 11) is 0. The van der Waals surface area contributed by atoms with E-state index in [0.29, 0.717) is 4.88 Å². The molecular weight excluding hydrogens is 296 g/mol. The average molecular weight is 312 g/mol. The Balaban J connectivity index is 1.79. The molecule has 2 heterocycles. The van der Waals surface area contributed by atoms with Crippen molar-refractivity contribution >= 4 is 23.1 Å². The molecule has 112 valence electrons. The first-order valence-corrected chi connectivity index (χ1v) is 7.67. The summed E-state index contributed by atoms with van der Waals surface area (Å²) >= 11 is 1.21. The van der Waals surface area contributed by atoms with E-state index in [-0.39, 0.29) is 5.91 Å². The second kappa shape index (κ2) is 5.73. The summed E-state index contributed by atoms with van der Waals surface area (Å²) in [5, 5.41) is 2.89. The van der Waals surface area contributed by atoms with Crippen LogP contribution in [0.5, 0.6) is 0 Å². The van der Waals surface area contributed by atoms with Crippen molar-refractivity contribution in [3.05, 3.63) is 58.6 Å².